The fourth-order valence-electron chi connectivity index (χ4n) is 2.30. The zero-order chi connectivity index (χ0) is 19.5. The molecule has 0 spiro atoms. The smallest absolute Gasteiger partial charge is 0.262 e. The van der Waals surface area contributed by atoms with Crippen LogP contribution < -0.4 is 10.1 Å². The van der Waals surface area contributed by atoms with E-state index in [1.165, 1.54) is 32.3 Å². The first-order valence-electron chi connectivity index (χ1n) is 7.84. The van der Waals surface area contributed by atoms with Gasteiger partial charge in [-0.15, -0.1) is 0 Å². The molecule has 0 bridgehead atoms. The number of benzene rings is 2. The maximum atomic E-state index is 12.1. The standard InChI is InChI=1S/C18H21ClN2O4S/c1-12-6-5-7-13(2)18(12)20-17(22)11-25-16-9-8-14(10-15(16)19)26(23,24)21(3)4/h5-10H,11H2,1-4H3,(H,20,22). The molecule has 2 aromatic carbocycles. The van der Waals surface area contributed by atoms with Crippen molar-refractivity contribution in [2.24, 2.45) is 0 Å². The predicted molar refractivity (Wildman–Crippen MR) is 102 cm³/mol. The van der Waals surface area contributed by atoms with E-state index in [4.69, 9.17) is 16.3 Å². The number of nitrogens with zero attached hydrogens (tertiary/aromatic N) is 1. The number of rotatable bonds is 6. The Kier molecular flexibility index (Phi) is 6.28. The normalized spacial score (nSPS) is 11.5. The summed E-state index contributed by atoms with van der Waals surface area (Å²) in [5.41, 5.74) is 2.66. The number of carbonyl (C=O) groups excluding carboxylic acids is 1. The Bertz CT molecular complexity index is 907. The molecule has 140 valence electrons. The van der Waals surface area contributed by atoms with Crippen molar-refractivity contribution >= 4 is 33.2 Å². The fourth-order valence-corrected chi connectivity index (χ4v) is 3.53. The van der Waals surface area contributed by atoms with Gasteiger partial charge in [0.2, 0.25) is 10.0 Å². The highest BCUT2D eigenvalue weighted by Gasteiger charge is 2.19. The SMILES string of the molecule is Cc1cccc(C)c1NC(=O)COc1ccc(S(=O)(=O)N(C)C)cc1Cl. The Morgan fingerprint density at radius 3 is 2.31 bits per heavy atom. The van der Waals surface area contributed by atoms with E-state index in [-0.39, 0.29) is 28.2 Å². The van der Waals surface area contributed by atoms with Gasteiger partial charge >= 0.3 is 0 Å². The van der Waals surface area contributed by atoms with E-state index >= 15 is 0 Å². The summed E-state index contributed by atoms with van der Waals surface area (Å²) in [6.07, 6.45) is 0. The Morgan fingerprint density at radius 2 is 1.77 bits per heavy atom. The first kappa shape index (κ1) is 20.2. The van der Waals surface area contributed by atoms with Gasteiger partial charge in [-0.05, 0) is 43.2 Å². The lowest BCUT2D eigenvalue weighted by atomic mass is 10.1. The molecular weight excluding hydrogens is 376 g/mol. The molecule has 0 aliphatic carbocycles. The molecule has 1 N–H and O–H groups in total. The Labute approximate surface area is 158 Å². The third kappa shape index (κ3) is 4.55. The minimum atomic E-state index is -3.58. The van der Waals surface area contributed by atoms with Crippen LogP contribution in [0, 0.1) is 13.8 Å². The molecule has 0 aliphatic rings. The van der Waals surface area contributed by atoms with Crippen LogP contribution in [0.2, 0.25) is 5.02 Å². The molecule has 0 heterocycles. The topological polar surface area (TPSA) is 75.7 Å². The van der Waals surface area contributed by atoms with Crippen molar-refractivity contribution in [3.63, 3.8) is 0 Å². The quantitative estimate of drug-likeness (QED) is 0.813. The molecule has 0 atom stereocenters. The van der Waals surface area contributed by atoms with Gasteiger partial charge in [0.25, 0.3) is 5.91 Å². The number of carbonyl (C=O) groups is 1. The first-order chi connectivity index (χ1) is 12.1. The summed E-state index contributed by atoms with van der Waals surface area (Å²) in [6, 6.07) is 9.86. The minimum Gasteiger partial charge on any atom is -0.482 e. The highest BCUT2D eigenvalue weighted by molar-refractivity contribution is 7.89. The van der Waals surface area contributed by atoms with Crippen molar-refractivity contribution in [2.75, 3.05) is 26.0 Å². The maximum Gasteiger partial charge on any atom is 0.262 e. The Morgan fingerprint density at radius 1 is 1.15 bits per heavy atom. The van der Waals surface area contributed by atoms with Crippen LogP contribution in [0.15, 0.2) is 41.3 Å². The van der Waals surface area contributed by atoms with Crippen molar-refractivity contribution in [1.82, 2.24) is 4.31 Å². The second kappa shape index (κ2) is 8.07. The number of nitrogens with one attached hydrogen (secondary N) is 1. The molecular formula is C18H21ClN2O4S. The third-order valence-electron chi connectivity index (χ3n) is 3.79. The van der Waals surface area contributed by atoms with Crippen LogP contribution >= 0.6 is 11.6 Å². The van der Waals surface area contributed by atoms with Crippen LogP contribution in [0.25, 0.3) is 0 Å². The lowest BCUT2D eigenvalue weighted by molar-refractivity contribution is -0.118. The highest BCUT2D eigenvalue weighted by Crippen LogP contribution is 2.28. The average Bonchev–Trinajstić information content (AvgIpc) is 2.57. The van der Waals surface area contributed by atoms with Gasteiger partial charge in [0.15, 0.2) is 6.61 Å². The minimum absolute atomic E-state index is 0.0554. The summed E-state index contributed by atoms with van der Waals surface area (Å²) in [5.74, 6) is -0.0931. The number of halogens is 1. The molecule has 0 saturated carbocycles. The zero-order valence-corrected chi connectivity index (χ0v) is 16.6. The molecule has 8 heteroatoms. The van der Waals surface area contributed by atoms with E-state index in [1.54, 1.807) is 0 Å². The van der Waals surface area contributed by atoms with Gasteiger partial charge in [-0.25, -0.2) is 12.7 Å². The maximum absolute atomic E-state index is 12.1. The van der Waals surface area contributed by atoms with Gasteiger partial charge in [0, 0.05) is 19.8 Å². The molecule has 2 rings (SSSR count). The van der Waals surface area contributed by atoms with Gasteiger partial charge in [0.05, 0.1) is 9.92 Å². The predicted octanol–water partition coefficient (Wildman–Crippen LogP) is 3.22. The van der Waals surface area contributed by atoms with E-state index < -0.39 is 10.0 Å². The Hall–Kier alpha value is -2.09. The van der Waals surface area contributed by atoms with Crippen molar-refractivity contribution in [3.05, 3.63) is 52.5 Å². The number of para-hydroxylation sites is 1. The molecule has 0 aliphatic heterocycles. The van der Waals surface area contributed by atoms with Crippen LogP contribution in [0.3, 0.4) is 0 Å². The van der Waals surface area contributed by atoms with Crippen LogP contribution in [0.5, 0.6) is 5.75 Å². The second-order valence-electron chi connectivity index (χ2n) is 5.98. The second-order valence-corrected chi connectivity index (χ2v) is 8.54. The van der Waals surface area contributed by atoms with E-state index in [0.717, 1.165) is 21.1 Å². The molecule has 6 nitrogen and oxygen atoms in total. The molecule has 0 radical (unpaired) electrons. The van der Waals surface area contributed by atoms with Gasteiger partial charge in [-0.2, -0.15) is 0 Å². The summed E-state index contributed by atoms with van der Waals surface area (Å²) < 4.78 is 30.7. The lowest BCUT2D eigenvalue weighted by Gasteiger charge is -2.14. The summed E-state index contributed by atoms with van der Waals surface area (Å²) in [7, 11) is -0.711. The summed E-state index contributed by atoms with van der Waals surface area (Å²) in [6.45, 7) is 3.57. The van der Waals surface area contributed by atoms with Crippen LogP contribution in [0.1, 0.15) is 11.1 Å². The molecule has 0 unspecified atom stereocenters. The number of anilines is 1. The number of amides is 1. The molecule has 1 amide bonds. The van der Waals surface area contributed by atoms with Gasteiger partial charge in [0.1, 0.15) is 5.75 Å². The Balaban J connectivity index is 2.07. The highest BCUT2D eigenvalue weighted by atomic mass is 35.5. The summed E-state index contributed by atoms with van der Waals surface area (Å²) in [5, 5.41) is 2.93. The van der Waals surface area contributed by atoms with Crippen molar-refractivity contribution < 1.29 is 17.9 Å². The average molecular weight is 397 g/mol. The van der Waals surface area contributed by atoms with Crippen LogP contribution in [-0.2, 0) is 14.8 Å². The van der Waals surface area contributed by atoms with Crippen molar-refractivity contribution in [2.45, 2.75) is 18.7 Å². The number of hydrogen-bond donors (Lipinski definition) is 1. The third-order valence-corrected chi connectivity index (χ3v) is 5.89. The van der Waals surface area contributed by atoms with Gasteiger partial charge in [-0.1, -0.05) is 29.8 Å². The molecule has 0 fully saturated rings. The molecule has 0 aromatic heterocycles. The van der Waals surface area contributed by atoms with E-state index in [2.05, 4.69) is 5.32 Å². The molecule has 0 saturated heterocycles. The van der Waals surface area contributed by atoms with Gasteiger partial charge < -0.3 is 10.1 Å². The monoisotopic (exact) mass is 396 g/mol. The first-order valence-corrected chi connectivity index (χ1v) is 9.65. The molecule has 26 heavy (non-hydrogen) atoms. The largest absolute Gasteiger partial charge is 0.482 e. The van der Waals surface area contributed by atoms with E-state index in [9.17, 15) is 13.2 Å². The lowest BCUT2D eigenvalue weighted by Crippen LogP contribution is -2.22. The number of ether oxygens (including phenoxy) is 1. The summed E-state index contributed by atoms with van der Waals surface area (Å²) in [4.78, 5) is 12.2. The van der Waals surface area contributed by atoms with Crippen molar-refractivity contribution in [1.29, 1.82) is 0 Å². The van der Waals surface area contributed by atoms with Crippen LogP contribution in [-0.4, -0.2) is 39.3 Å². The van der Waals surface area contributed by atoms with Gasteiger partial charge in [-0.3, -0.25) is 4.79 Å². The van der Waals surface area contributed by atoms with E-state index in [0.29, 0.717) is 0 Å². The molecule has 2 aromatic rings. The summed E-state index contributed by atoms with van der Waals surface area (Å²) >= 11 is 6.09. The zero-order valence-electron chi connectivity index (χ0n) is 15.0. The number of sulfonamides is 1. The van der Waals surface area contributed by atoms with Crippen molar-refractivity contribution in [3.8, 4) is 5.75 Å². The number of aryl methyl sites for hydroxylation is 2. The number of hydrogen-bond acceptors (Lipinski definition) is 4. The fraction of sp³-hybridized carbons (Fsp3) is 0.278. The van der Waals surface area contributed by atoms with Crippen LogP contribution in [0.4, 0.5) is 5.69 Å². The van der Waals surface area contributed by atoms with E-state index in [1.807, 2.05) is 32.0 Å².